The van der Waals surface area contributed by atoms with E-state index in [1.807, 2.05) is 48.7 Å². The van der Waals surface area contributed by atoms with Crippen molar-refractivity contribution in [2.45, 2.75) is 9.79 Å². The average Bonchev–Trinajstić information content (AvgIpc) is 3.29. The molecule has 0 spiro atoms. The van der Waals surface area contributed by atoms with Gasteiger partial charge >= 0.3 is 0 Å². The second-order valence-electron chi connectivity index (χ2n) is 6.47. The summed E-state index contributed by atoms with van der Waals surface area (Å²) in [6.45, 7) is 0. The number of carboxylic acid groups (broad SMARTS) is 1. The lowest BCUT2D eigenvalue weighted by atomic mass is 10.2. The van der Waals surface area contributed by atoms with Crippen LogP contribution in [0.4, 0.5) is 0 Å². The molecule has 0 fully saturated rings. The van der Waals surface area contributed by atoms with Gasteiger partial charge in [0, 0.05) is 15.4 Å². The maximum atomic E-state index is 11.0. The molecule has 0 radical (unpaired) electrons. The van der Waals surface area contributed by atoms with Crippen molar-refractivity contribution in [1.82, 2.24) is 15.0 Å². The molecule has 0 atom stereocenters. The number of benzene rings is 3. The van der Waals surface area contributed by atoms with E-state index in [4.69, 9.17) is 9.47 Å². The summed E-state index contributed by atoms with van der Waals surface area (Å²) < 4.78 is 12.5. The van der Waals surface area contributed by atoms with Crippen molar-refractivity contribution in [3.63, 3.8) is 0 Å². The first-order valence-electron chi connectivity index (χ1n) is 9.33. The molecule has 0 N–H and O–H groups in total. The molecule has 4 rings (SSSR count). The Kier molecular flexibility index (Phi) is 5.90. The highest BCUT2D eigenvalue weighted by atomic mass is 32.2. The molecule has 4 aromatic rings. The van der Waals surface area contributed by atoms with Crippen LogP contribution in [0.2, 0.25) is 0 Å². The molecule has 156 valence electrons. The van der Waals surface area contributed by atoms with Crippen molar-refractivity contribution in [3.05, 3.63) is 78.5 Å². The highest BCUT2D eigenvalue weighted by molar-refractivity contribution is 7.99. The van der Waals surface area contributed by atoms with Crippen LogP contribution in [0.5, 0.6) is 11.5 Å². The number of rotatable bonds is 7. The largest absolute Gasteiger partial charge is 0.545 e. The summed E-state index contributed by atoms with van der Waals surface area (Å²) in [7, 11) is 3.16. The van der Waals surface area contributed by atoms with E-state index in [9.17, 15) is 9.90 Å². The SMILES string of the molecule is COc1cccc(-n2cc(-c3ccccc3Sc3ccc(C(=O)[O-])cc3)nn2)c1OC. The lowest BCUT2D eigenvalue weighted by molar-refractivity contribution is -0.255. The van der Waals surface area contributed by atoms with Crippen molar-refractivity contribution in [3.8, 4) is 28.4 Å². The number of carbonyl (C=O) groups excluding carboxylic acids is 1. The van der Waals surface area contributed by atoms with Gasteiger partial charge in [-0.25, -0.2) is 4.68 Å². The number of carboxylic acids is 1. The van der Waals surface area contributed by atoms with E-state index < -0.39 is 5.97 Å². The summed E-state index contributed by atoms with van der Waals surface area (Å²) in [6, 6.07) is 20.0. The summed E-state index contributed by atoms with van der Waals surface area (Å²) in [5.41, 5.74) is 2.46. The van der Waals surface area contributed by atoms with E-state index in [-0.39, 0.29) is 5.56 Å². The lowest BCUT2D eigenvalue weighted by Gasteiger charge is -2.11. The molecule has 0 saturated heterocycles. The van der Waals surface area contributed by atoms with Gasteiger partial charge in [0.05, 0.1) is 26.4 Å². The van der Waals surface area contributed by atoms with E-state index in [1.165, 1.54) is 23.9 Å². The molecule has 0 amide bonds. The van der Waals surface area contributed by atoms with Crippen LogP contribution in [0.3, 0.4) is 0 Å². The molecule has 3 aromatic carbocycles. The minimum Gasteiger partial charge on any atom is -0.545 e. The number of hydrogen-bond donors (Lipinski definition) is 0. The summed E-state index contributed by atoms with van der Waals surface area (Å²) in [4.78, 5) is 12.8. The number of nitrogens with zero attached hydrogens (tertiary/aromatic N) is 3. The van der Waals surface area contributed by atoms with Crippen LogP contribution in [0.25, 0.3) is 16.9 Å². The van der Waals surface area contributed by atoms with Gasteiger partial charge in [-0.15, -0.1) is 5.10 Å². The molecule has 0 saturated carbocycles. The summed E-state index contributed by atoms with van der Waals surface area (Å²) in [6.07, 6.45) is 1.83. The molecule has 1 aromatic heterocycles. The van der Waals surface area contributed by atoms with E-state index in [2.05, 4.69) is 10.3 Å². The second-order valence-corrected chi connectivity index (χ2v) is 7.59. The van der Waals surface area contributed by atoms with Crippen molar-refractivity contribution < 1.29 is 19.4 Å². The zero-order valence-electron chi connectivity index (χ0n) is 16.8. The minimum atomic E-state index is -1.19. The standard InChI is InChI=1S/C23H19N3O4S/c1-29-20-8-5-7-19(22(20)30-2)26-14-18(24-25-26)17-6-3-4-9-21(17)31-16-12-10-15(11-13-16)23(27)28/h3-14H,1-2H3,(H,27,28)/p-1. The quantitative estimate of drug-likeness (QED) is 0.442. The predicted molar refractivity (Wildman–Crippen MR) is 115 cm³/mol. The van der Waals surface area contributed by atoms with Crippen LogP contribution >= 0.6 is 11.8 Å². The second kappa shape index (κ2) is 8.93. The maximum absolute atomic E-state index is 11.0. The number of para-hydroxylation sites is 1. The van der Waals surface area contributed by atoms with Gasteiger partial charge < -0.3 is 19.4 Å². The fourth-order valence-electron chi connectivity index (χ4n) is 3.11. The molecule has 31 heavy (non-hydrogen) atoms. The molecule has 0 aliphatic rings. The molecular weight excluding hydrogens is 414 g/mol. The first-order valence-corrected chi connectivity index (χ1v) is 10.1. The average molecular weight is 432 g/mol. The summed E-state index contributed by atoms with van der Waals surface area (Å²) in [5.74, 6) is -0.0216. The summed E-state index contributed by atoms with van der Waals surface area (Å²) >= 11 is 1.51. The predicted octanol–water partition coefficient (Wildman–Crippen LogP) is 3.47. The van der Waals surface area contributed by atoms with Gasteiger partial charge in [0.25, 0.3) is 0 Å². The normalized spacial score (nSPS) is 10.6. The Bertz CT molecular complexity index is 1220. The van der Waals surface area contributed by atoms with Gasteiger partial charge in [-0.2, -0.15) is 0 Å². The van der Waals surface area contributed by atoms with E-state index in [1.54, 1.807) is 31.0 Å². The molecule has 0 bridgehead atoms. The van der Waals surface area contributed by atoms with Gasteiger partial charge in [-0.05, 0) is 35.9 Å². The zero-order valence-corrected chi connectivity index (χ0v) is 17.6. The Morgan fingerprint density at radius 2 is 1.74 bits per heavy atom. The van der Waals surface area contributed by atoms with E-state index >= 15 is 0 Å². The molecule has 0 aliphatic heterocycles. The molecule has 0 unspecified atom stereocenters. The zero-order chi connectivity index (χ0) is 21.8. The Labute approximate surface area is 183 Å². The first kappa shape index (κ1) is 20.5. The number of methoxy groups -OCH3 is 2. The van der Waals surface area contributed by atoms with Crippen molar-refractivity contribution >= 4 is 17.7 Å². The van der Waals surface area contributed by atoms with Crippen molar-refractivity contribution in [1.29, 1.82) is 0 Å². The Morgan fingerprint density at radius 1 is 0.968 bits per heavy atom. The van der Waals surface area contributed by atoms with Gasteiger partial charge in [0.15, 0.2) is 11.5 Å². The molecule has 8 heteroatoms. The Morgan fingerprint density at radius 3 is 2.45 bits per heavy atom. The number of aromatic carboxylic acids is 1. The Balaban J connectivity index is 1.67. The number of aromatic nitrogens is 3. The number of hydrogen-bond acceptors (Lipinski definition) is 7. The fraction of sp³-hybridized carbons (Fsp3) is 0.0870. The van der Waals surface area contributed by atoms with Crippen LogP contribution in [-0.2, 0) is 0 Å². The van der Waals surface area contributed by atoms with E-state index in [0.29, 0.717) is 22.9 Å². The van der Waals surface area contributed by atoms with Crippen LogP contribution in [-0.4, -0.2) is 35.2 Å². The molecule has 7 nitrogen and oxygen atoms in total. The monoisotopic (exact) mass is 432 g/mol. The fourth-order valence-corrected chi connectivity index (χ4v) is 4.06. The molecule has 0 aliphatic carbocycles. The highest BCUT2D eigenvalue weighted by Crippen LogP contribution is 2.37. The third-order valence-electron chi connectivity index (χ3n) is 4.60. The van der Waals surface area contributed by atoms with Crippen LogP contribution in [0.1, 0.15) is 10.4 Å². The third kappa shape index (κ3) is 4.24. The van der Waals surface area contributed by atoms with Gasteiger partial charge in [0.2, 0.25) is 0 Å². The van der Waals surface area contributed by atoms with Crippen LogP contribution in [0, 0.1) is 0 Å². The lowest BCUT2D eigenvalue weighted by Crippen LogP contribution is -2.21. The van der Waals surface area contributed by atoms with E-state index in [0.717, 1.165) is 15.4 Å². The Hall–Kier alpha value is -3.78. The molecule has 1 heterocycles. The highest BCUT2D eigenvalue weighted by Gasteiger charge is 2.15. The van der Waals surface area contributed by atoms with Gasteiger partial charge in [0.1, 0.15) is 11.4 Å². The molecular formula is C23H18N3O4S-. The van der Waals surface area contributed by atoms with Crippen molar-refractivity contribution in [2.75, 3.05) is 14.2 Å². The van der Waals surface area contributed by atoms with Gasteiger partial charge in [-0.1, -0.05) is 53.4 Å². The number of ether oxygens (including phenoxy) is 2. The topological polar surface area (TPSA) is 89.3 Å². The van der Waals surface area contributed by atoms with Gasteiger partial charge in [-0.3, -0.25) is 0 Å². The minimum absolute atomic E-state index is 0.146. The van der Waals surface area contributed by atoms with Crippen LogP contribution < -0.4 is 14.6 Å². The number of carbonyl (C=O) groups is 1. The smallest absolute Gasteiger partial charge is 0.186 e. The summed E-state index contributed by atoms with van der Waals surface area (Å²) in [5, 5.41) is 19.6. The van der Waals surface area contributed by atoms with Crippen LogP contribution in [0.15, 0.2) is 82.7 Å². The first-order chi connectivity index (χ1) is 15.1. The van der Waals surface area contributed by atoms with Crippen molar-refractivity contribution in [2.24, 2.45) is 0 Å². The maximum Gasteiger partial charge on any atom is 0.186 e. The third-order valence-corrected chi connectivity index (χ3v) is 5.69.